The number of hydrogen-bond donors (Lipinski definition) is 2. The summed E-state index contributed by atoms with van der Waals surface area (Å²) in [5.41, 5.74) is 3.02. The zero-order chi connectivity index (χ0) is 22.1. The van der Waals surface area contributed by atoms with Crippen LogP contribution in [0.1, 0.15) is 44.4 Å². The van der Waals surface area contributed by atoms with E-state index in [1.807, 2.05) is 12.1 Å². The van der Waals surface area contributed by atoms with Gasteiger partial charge >= 0.3 is 0 Å². The number of fused-ring (bicyclic) bond motifs is 1. The summed E-state index contributed by atoms with van der Waals surface area (Å²) < 4.78 is 1.03. The van der Waals surface area contributed by atoms with Crippen LogP contribution in [-0.4, -0.2) is 38.6 Å². The van der Waals surface area contributed by atoms with Crippen molar-refractivity contribution >= 4 is 38.6 Å². The molecule has 1 aliphatic heterocycles. The molecule has 3 aromatic rings. The second kappa shape index (κ2) is 9.04. The molecular formula is C26H30N4OS. The summed E-state index contributed by atoms with van der Waals surface area (Å²) in [5, 5.41) is 13.1. The number of benzene rings is 1. The number of phenolic OH excluding ortho intramolecular Hbond substituents is 1. The molecule has 1 aromatic carbocycles. The van der Waals surface area contributed by atoms with Crippen molar-refractivity contribution in [3.8, 4) is 5.75 Å². The Hall–Kier alpha value is -2.70. The molecule has 166 valence electrons. The maximum atomic E-state index is 9.74. The Balaban J connectivity index is 1.32. The van der Waals surface area contributed by atoms with E-state index in [0.29, 0.717) is 18.0 Å². The highest BCUT2D eigenvalue weighted by Gasteiger charge is 2.26. The molecule has 1 aliphatic carbocycles. The van der Waals surface area contributed by atoms with Gasteiger partial charge in [-0.3, -0.25) is 4.90 Å². The topological polar surface area (TPSA) is 61.3 Å². The maximum Gasteiger partial charge on any atom is 0.151 e. The minimum absolute atomic E-state index is 0.229. The number of likely N-dealkylation sites (tertiary alicyclic amines) is 1. The number of piperidine rings is 1. The van der Waals surface area contributed by atoms with Crippen LogP contribution >= 0.6 is 11.3 Å². The molecule has 5 rings (SSSR count). The van der Waals surface area contributed by atoms with Crippen LogP contribution in [-0.2, 0) is 0 Å². The van der Waals surface area contributed by atoms with Crippen LogP contribution in [0.2, 0.25) is 0 Å². The molecule has 2 N–H and O–H groups in total. The molecule has 0 saturated carbocycles. The number of hydrogen-bond acceptors (Lipinski definition) is 6. The van der Waals surface area contributed by atoms with E-state index >= 15 is 0 Å². The fraction of sp³-hybridized carbons (Fsp3) is 0.385. The predicted octanol–water partition coefficient (Wildman–Crippen LogP) is 6.36. The summed E-state index contributed by atoms with van der Waals surface area (Å²) in [6.07, 6.45) is 13.7. The van der Waals surface area contributed by atoms with Gasteiger partial charge in [-0.15, -0.1) is 11.3 Å². The van der Waals surface area contributed by atoms with E-state index in [1.54, 1.807) is 29.8 Å². The number of thiophene rings is 1. The quantitative estimate of drug-likeness (QED) is 0.477. The molecule has 0 radical (unpaired) electrons. The Morgan fingerprint density at radius 2 is 2.00 bits per heavy atom. The van der Waals surface area contributed by atoms with Crippen LogP contribution in [0.5, 0.6) is 5.75 Å². The predicted molar refractivity (Wildman–Crippen MR) is 134 cm³/mol. The molecule has 0 spiro atoms. The molecular weight excluding hydrogens is 416 g/mol. The van der Waals surface area contributed by atoms with Gasteiger partial charge in [-0.05, 0) is 62.8 Å². The third-order valence-corrected chi connectivity index (χ3v) is 7.89. The van der Waals surface area contributed by atoms with Crippen molar-refractivity contribution in [2.75, 3.05) is 11.9 Å². The molecule has 1 saturated heterocycles. The van der Waals surface area contributed by atoms with Crippen molar-refractivity contribution in [2.45, 2.75) is 51.6 Å². The first-order valence-electron chi connectivity index (χ1n) is 11.5. The summed E-state index contributed by atoms with van der Waals surface area (Å²) in [7, 11) is 0. The van der Waals surface area contributed by atoms with Crippen LogP contribution < -0.4 is 5.32 Å². The Morgan fingerprint density at radius 3 is 2.75 bits per heavy atom. The van der Waals surface area contributed by atoms with Gasteiger partial charge in [0.1, 0.15) is 12.1 Å². The van der Waals surface area contributed by atoms with E-state index in [1.165, 1.54) is 29.7 Å². The molecule has 0 amide bonds. The Bertz CT molecular complexity index is 1160. The van der Waals surface area contributed by atoms with Crippen LogP contribution in [0.15, 0.2) is 54.9 Å². The van der Waals surface area contributed by atoms with Gasteiger partial charge in [0.15, 0.2) is 5.82 Å². The van der Waals surface area contributed by atoms with Crippen LogP contribution in [0.4, 0.5) is 11.5 Å². The molecule has 2 aliphatic rings. The highest BCUT2D eigenvalue weighted by Crippen LogP contribution is 2.37. The lowest BCUT2D eigenvalue weighted by Gasteiger charge is -2.40. The molecule has 3 atom stereocenters. The van der Waals surface area contributed by atoms with Gasteiger partial charge in [-0.1, -0.05) is 30.7 Å². The summed E-state index contributed by atoms with van der Waals surface area (Å²) >= 11 is 1.71. The average molecular weight is 447 g/mol. The van der Waals surface area contributed by atoms with E-state index in [-0.39, 0.29) is 5.75 Å². The van der Waals surface area contributed by atoms with Gasteiger partial charge < -0.3 is 10.4 Å². The van der Waals surface area contributed by atoms with Gasteiger partial charge in [0.25, 0.3) is 0 Å². The minimum atomic E-state index is 0.229. The summed E-state index contributed by atoms with van der Waals surface area (Å²) in [4.78, 5) is 12.8. The summed E-state index contributed by atoms with van der Waals surface area (Å²) in [6, 6.07) is 10.6. The second-order valence-electron chi connectivity index (χ2n) is 9.06. The first-order chi connectivity index (χ1) is 15.6. The highest BCUT2D eigenvalue weighted by atomic mass is 32.1. The average Bonchev–Trinajstić information content (AvgIpc) is 3.22. The lowest BCUT2D eigenvalue weighted by molar-refractivity contribution is 0.0915. The molecule has 2 unspecified atom stereocenters. The number of aromatic nitrogens is 2. The van der Waals surface area contributed by atoms with Gasteiger partial charge in [0, 0.05) is 35.3 Å². The number of anilines is 2. The summed E-state index contributed by atoms with van der Waals surface area (Å²) in [6.45, 7) is 5.91. The van der Waals surface area contributed by atoms with Gasteiger partial charge in [-0.25, -0.2) is 9.97 Å². The van der Waals surface area contributed by atoms with E-state index in [9.17, 15) is 5.11 Å². The van der Waals surface area contributed by atoms with Crippen molar-refractivity contribution in [1.82, 2.24) is 14.9 Å². The second-order valence-corrected chi connectivity index (χ2v) is 10.1. The van der Waals surface area contributed by atoms with Crippen molar-refractivity contribution in [2.24, 2.45) is 5.92 Å². The van der Waals surface area contributed by atoms with E-state index < -0.39 is 0 Å². The normalized spacial score (nSPS) is 23.9. The van der Waals surface area contributed by atoms with Gasteiger partial charge in [0.05, 0.1) is 10.2 Å². The third kappa shape index (κ3) is 4.43. The fourth-order valence-corrected chi connectivity index (χ4v) is 5.97. The Kier molecular flexibility index (Phi) is 5.98. The largest absolute Gasteiger partial charge is 0.508 e. The van der Waals surface area contributed by atoms with Crippen LogP contribution in [0.3, 0.4) is 0 Å². The molecule has 6 heteroatoms. The van der Waals surface area contributed by atoms with Crippen molar-refractivity contribution in [3.63, 3.8) is 0 Å². The van der Waals surface area contributed by atoms with Crippen molar-refractivity contribution < 1.29 is 5.11 Å². The number of nitrogens with one attached hydrogen (secondary N) is 1. The molecule has 1 fully saturated rings. The zero-order valence-corrected chi connectivity index (χ0v) is 19.5. The number of aromatic hydroxyl groups is 1. The van der Waals surface area contributed by atoms with E-state index in [4.69, 9.17) is 0 Å². The Morgan fingerprint density at radius 1 is 1.16 bits per heavy atom. The lowest BCUT2D eigenvalue weighted by atomic mass is 9.91. The Labute approximate surface area is 193 Å². The smallest absolute Gasteiger partial charge is 0.151 e. The molecule has 32 heavy (non-hydrogen) atoms. The van der Waals surface area contributed by atoms with E-state index in [0.717, 1.165) is 34.7 Å². The summed E-state index contributed by atoms with van der Waals surface area (Å²) in [5.74, 6) is 1.58. The third-order valence-electron chi connectivity index (χ3n) is 6.71. The SMILES string of the molecule is CC1CCC[C@@H](C)N1CC1C=CC(c2cc3ncnc(Nc4cccc(O)c4)c3s2)=CC1. The van der Waals surface area contributed by atoms with Crippen LogP contribution in [0, 0.1) is 5.92 Å². The number of nitrogens with zero attached hydrogens (tertiary/aromatic N) is 3. The lowest BCUT2D eigenvalue weighted by Crippen LogP contribution is -2.45. The monoisotopic (exact) mass is 446 g/mol. The highest BCUT2D eigenvalue weighted by molar-refractivity contribution is 7.20. The molecule has 5 nitrogen and oxygen atoms in total. The molecule has 3 heterocycles. The molecule has 2 aromatic heterocycles. The maximum absolute atomic E-state index is 9.74. The standard InChI is InChI=1S/C26H30N4OS/c1-17-5-3-6-18(2)30(17)15-19-9-11-20(12-10-19)24-14-23-25(32-24)26(28-16-27-23)29-21-7-4-8-22(31)13-21/h4,7-9,11-14,16-19,31H,3,5-6,10,15H2,1-2H3,(H,27,28,29)/t17-,18?,19?/m1/s1. The zero-order valence-electron chi connectivity index (χ0n) is 18.7. The van der Waals surface area contributed by atoms with Crippen LogP contribution in [0.25, 0.3) is 15.8 Å². The minimum Gasteiger partial charge on any atom is -0.508 e. The fourth-order valence-electron chi connectivity index (χ4n) is 4.89. The van der Waals surface area contributed by atoms with Crippen molar-refractivity contribution in [3.05, 3.63) is 59.8 Å². The first kappa shape index (κ1) is 21.2. The number of rotatable bonds is 5. The first-order valence-corrected chi connectivity index (χ1v) is 12.3. The van der Waals surface area contributed by atoms with E-state index in [2.05, 4.69) is 58.3 Å². The van der Waals surface area contributed by atoms with Gasteiger partial charge in [0.2, 0.25) is 0 Å². The van der Waals surface area contributed by atoms with Crippen molar-refractivity contribution in [1.29, 1.82) is 0 Å². The number of phenols is 1. The number of allylic oxidation sites excluding steroid dienone is 3. The van der Waals surface area contributed by atoms with Gasteiger partial charge in [-0.2, -0.15) is 0 Å². The molecule has 0 bridgehead atoms.